The molecule has 0 unspecified atom stereocenters. The second-order valence-corrected chi connectivity index (χ2v) is 11.8. The zero-order valence-corrected chi connectivity index (χ0v) is 24.0. The number of rotatable bonds is 10. The summed E-state index contributed by atoms with van der Waals surface area (Å²) in [6.45, 7) is 5.34. The number of ether oxygens (including phenoxy) is 2. The molecule has 1 saturated heterocycles. The maximum atomic E-state index is 15.0. The van der Waals surface area contributed by atoms with Gasteiger partial charge < -0.3 is 20.1 Å². The Labute approximate surface area is 238 Å². The van der Waals surface area contributed by atoms with Gasteiger partial charge in [-0.15, -0.1) is 0 Å². The predicted octanol–water partition coefficient (Wildman–Crippen LogP) is 4.87. The van der Waals surface area contributed by atoms with Crippen molar-refractivity contribution in [1.82, 2.24) is 20.3 Å². The number of methoxy groups -OCH3 is 1. The van der Waals surface area contributed by atoms with Gasteiger partial charge in [-0.05, 0) is 69.1 Å². The number of nitrogens with one attached hydrogen (secondary N) is 3. The number of hydrogen-bond acceptors (Lipinski definition) is 9. The van der Waals surface area contributed by atoms with Crippen LogP contribution in [0.2, 0.25) is 0 Å². The first-order valence-corrected chi connectivity index (χ1v) is 15.1. The number of sulfonamides is 1. The molecule has 216 valence electrons. The van der Waals surface area contributed by atoms with Crippen LogP contribution in [0, 0.1) is 12.7 Å². The topological polar surface area (TPSA) is 127 Å². The van der Waals surface area contributed by atoms with Gasteiger partial charge >= 0.3 is 0 Å². The van der Waals surface area contributed by atoms with Crippen LogP contribution in [-0.2, 0) is 14.8 Å². The second-order valence-electron chi connectivity index (χ2n) is 10.1. The Kier molecular flexibility index (Phi) is 8.62. The quantitative estimate of drug-likeness (QED) is 0.241. The van der Waals surface area contributed by atoms with E-state index in [1.807, 2.05) is 13.0 Å². The molecular weight excluding hydrogens is 547 g/mol. The molecule has 4 aromatic rings. The highest BCUT2D eigenvalue weighted by molar-refractivity contribution is 7.92. The van der Waals surface area contributed by atoms with Crippen LogP contribution < -0.4 is 20.1 Å². The Morgan fingerprint density at radius 1 is 1.12 bits per heavy atom. The van der Waals surface area contributed by atoms with Crippen LogP contribution in [0.25, 0.3) is 22.0 Å². The molecule has 0 amide bonds. The molecule has 3 N–H and O–H groups in total. The number of halogens is 1. The molecule has 0 spiro atoms. The van der Waals surface area contributed by atoms with E-state index in [9.17, 15) is 12.8 Å². The number of benzene rings is 2. The smallest absolute Gasteiger partial charge is 0.235 e. The van der Waals surface area contributed by atoms with Crippen molar-refractivity contribution in [3.05, 3.63) is 66.2 Å². The molecule has 3 heterocycles. The van der Waals surface area contributed by atoms with Gasteiger partial charge in [0.2, 0.25) is 21.9 Å². The zero-order chi connectivity index (χ0) is 29.0. The minimum Gasteiger partial charge on any atom is -0.437 e. The van der Waals surface area contributed by atoms with Gasteiger partial charge in [-0.3, -0.25) is 4.72 Å². The van der Waals surface area contributed by atoms with Crippen molar-refractivity contribution in [3.8, 4) is 22.9 Å². The fourth-order valence-corrected chi connectivity index (χ4v) is 6.13. The summed E-state index contributed by atoms with van der Waals surface area (Å²) in [5.41, 5.74) is 1.88. The first kappa shape index (κ1) is 28.7. The molecule has 0 aliphatic carbocycles. The SMILES string of the molecule is CO[C@H](C)CS(=O)(=O)Nc1c(F)ccc2c(Oc3ncccc3-c3ccnc(N[C@H]4CCCNC4)n3)c(C)ccc12. The lowest BCUT2D eigenvalue weighted by molar-refractivity contribution is 0.136. The van der Waals surface area contributed by atoms with Crippen molar-refractivity contribution in [2.75, 3.05) is 36.0 Å². The molecule has 2 atom stereocenters. The van der Waals surface area contributed by atoms with Gasteiger partial charge in [0.1, 0.15) is 11.6 Å². The van der Waals surface area contributed by atoms with Crippen LogP contribution >= 0.6 is 0 Å². The lowest BCUT2D eigenvalue weighted by Gasteiger charge is -2.23. The van der Waals surface area contributed by atoms with Crippen LogP contribution in [0.3, 0.4) is 0 Å². The average molecular weight is 581 g/mol. The summed E-state index contributed by atoms with van der Waals surface area (Å²) in [5.74, 6) is 0.219. The third kappa shape index (κ3) is 6.72. The Hall–Kier alpha value is -3.87. The van der Waals surface area contributed by atoms with Crippen LogP contribution in [0.1, 0.15) is 25.3 Å². The number of aryl methyl sites for hydroxylation is 1. The van der Waals surface area contributed by atoms with Gasteiger partial charge in [0.15, 0.2) is 0 Å². The molecule has 0 bridgehead atoms. The molecule has 1 aliphatic heterocycles. The predicted molar refractivity (Wildman–Crippen MR) is 157 cm³/mol. The Balaban J connectivity index is 1.49. The van der Waals surface area contributed by atoms with Gasteiger partial charge in [0.05, 0.1) is 28.8 Å². The van der Waals surface area contributed by atoms with Crippen molar-refractivity contribution >= 4 is 32.4 Å². The van der Waals surface area contributed by atoms with E-state index in [0.717, 1.165) is 31.5 Å². The summed E-state index contributed by atoms with van der Waals surface area (Å²) < 4.78 is 54.3. The van der Waals surface area contributed by atoms with Crippen molar-refractivity contribution in [3.63, 3.8) is 0 Å². The maximum absolute atomic E-state index is 15.0. The minimum absolute atomic E-state index is 0.152. The van der Waals surface area contributed by atoms with Crippen molar-refractivity contribution in [1.29, 1.82) is 0 Å². The van der Waals surface area contributed by atoms with Gasteiger partial charge in [0, 0.05) is 42.9 Å². The van der Waals surface area contributed by atoms with Gasteiger partial charge in [-0.25, -0.2) is 27.8 Å². The van der Waals surface area contributed by atoms with E-state index < -0.39 is 21.9 Å². The van der Waals surface area contributed by atoms with Crippen molar-refractivity contribution in [2.24, 2.45) is 0 Å². The van der Waals surface area contributed by atoms with E-state index in [-0.39, 0.29) is 17.5 Å². The molecule has 10 nitrogen and oxygen atoms in total. The molecule has 1 fully saturated rings. The molecule has 0 radical (unpaired) electrons. The molecule has 1 aliphatic rings. The van der Waals surface area contributed by atoms with Gasteiger partial charge in [-0.1, -0.05) is 12.1 Å². The summed E-state index contributed by atoms with van der Waals surface area (Å²) in [5, 5.41) is 7.64. The third-order valence-electron chi connectivity index (χ3n) is 6.94. The molecule has 2 aromatic heterocycles. The number of fused-ring (bicyclic) bond motifs is 1. The van der Waals surface area contributed by atoms with Crippen molar-refractivity contribution in [2.45, 2.75) is 38.8 Å². The Morgan fingerprint density at radius 2 is 1.95 bits per heavy atom. The first-order valence-electron chi connectivity index (χ1n) is 13.4. The average Bonchev–Trinajstić information content (AvgIpc) is 2.96. The van der Waals surface area contributed by atoms with E-state index in [4.69, 9.17) is 14.5 Å². The van der Waals surface area contributed by atoms with Crippen LogP contribution in [0.5, 0.6) is 11.6 Å². The molecule has 5 rings (SSSR count). The second kappa shape index (κ2) is 12.3. The van der Waals surface area contributed by atoms with E-state index in [2.05, 4.69) is 25.3 Å². The monoisotopic (exact) mass is 580 g/mol. The van der Waals surface area contributed by atoms with Crippen LogP contribution in [-0.4, -0.2) is 61.5 Å². The molecule has 12 heteroatoms. The third-order valence-corrected chi connectivity index (χ3v) is 8.37. The summed E-state index contributed by atoms with van der Waals surface area (Å²) in [6, 6.07) is 11.9. The van der Waals surface area contributed by atoms with E-state index in [1.54, 1.807) is 49.6 Å². The summed E-state index contributed by atoms with van der Waals surface area (Å²) in [7, 11) is -2.47. The number of aromatic nitrogens is 3. The van der Waals surface area contributed by atoms with Crippen molar-refractivity contribution < 1.29 is 22.3 Å². The number of piperidine rings is 1. The highest BCUT2D eigenvalue weighted by Crippen LogP contribution is 2.39. The van der Waals surface area contributed by atoms with E-state index in [1.165, 1.54) is 13.2 Å². The number of anilines is 2. The number of pyridine rings is 1. The molecule has 2 aromatic carbocycles. The lowest BCUT2D eigenvalue weighted by atomic mass is 10.0. The van der Waals surface area contributed by atoms with Gasteiger partial charge in [-0.2, -0.15) is 0 Å². The molecule has 0 saturated carbocycles. The van der Waals surface area contributed by atoms with Gasteiger partial charge in [0.25, 0.3) is 0 Å². The molecular formula is C29H33FN6O4S. The van der Waals surface area contributed by atoms with E-state index >= 15 is 0 Å². The maximum Gasteiger partial charge on any atom is 0.235 e. The normalized spacial score (nSPS) is 16.3. The summed E-state index contributed by atoms with van der Waals surface area (Å²) in [4.78, 5) is 13.6. The zero-order valence-electron chi connectivity index (χ0n) is 23.1. The standard InChI is InChI=1S/C29H33FN6O4S/c1-18-8-9-21-22(10-11-24(30)26(21)36-41(37,38)17-19(2)39-3)27(18)40-28-23(7-5-14-32-28)25-12-15-33-29(35-25)34-20-6-4-13-31-16-20/h5,7-12,14-15,19-20,31,36H,4,6,13,16-17H2,1-3H3,(H,33,34,35)/t19-,20+/m1/s1. The number of hydrogen-bond donors (Lipinski definition) is 3. The highest BCUT2D eigenvalue weighted by Gasteiger charge is 2.22. The molecule has 41 heavy (non-hydrogen) atoms. The Morgan fingerprint density at radius 3 is 2.73 bits per heavy atom. The van der Waals surface area contributed by atoms with Crippen LogP contribution in [0.15, 0.2) is 54.9 Å². The van der Waals surface area contributed by atoms with E-state index in [0.29, 0.717) is 39.6 Å². The highest BCUT2D eigenvalue weighted by atomic mass is 32.2. The lowest BCUT2D eigenvalue weighted by Crippen LogP contribution is -2.38. The summed E-state index contributed by atoms with van der Waals surface area (Å²) in [6.07, 6.45) is 4.86. The first-order chi connectivity index (χ1) is 19.7. The Bertz CT molecular complexity index is 1650. The summed E-state index contributed by atoms with van der Waals surface area (Å²) >= 11 is 0. The fourth-order valence-electron chi connectivity index (χ4n) is 4.77. The fraction of sp³-hybridized carbons (Fsp3) is 0.345. The van der Waals surface area contributed by atoms with Crippen LogP contribution in [0.4, 0.5) is 16.0 Å². The number of nitrogens with zero attached hydrogens (tertiary/aromatic N) is 3. The minimum atomic E-state index is -3.89. The largest absolute Gasteiger partial charge is 0.437 e.